The Kier molecular flexibility index (Phi) is 5.06. The van der Waals surface area contributed by atoms with Gasteiger partial charge in [0, 0.05) is 5.56 Å². The van der Waals surface area contributed by atoms with Gasteiger partial charge in [0.2, 0.25) is 0 Å². The zero-order valence-corrected chi connectivity index (χ0v) is 12.1. The van der Waals surface area contributed by atoms with Crippen LogP contribution in [-0.2, 0) is 16.1 Å². The smallest absolute Gasteiger partial charge is 0.328 e. The van der Waals surface area contributed by atoms with E-state index in [2.05, 4.69) is 0 Å². The van der Waals surface area contributed by atoms with Crippen molar-refractivity contribution in [2.45, 2.75) is 12.6 Å². The summed E-state index contributed by atoms with van der Waals surface area (Å²) in [5.74, 6) is -0.873. The van der Waals surface area contributed by atoms with Crippen LogP contribution in [0.3, 0.4) is 0 Å². The highest BCUT2D eigenvalue weighted by molar-refractivity contribution is 5.77. The molecule has 0 fully saturated rings. The van der Waals surface area contributed by atoms with E-state index in [0.717, 1.165) is 5.56 Å². The molecule has 2 aromatic rings. The van der Waals surface area contributed by atoms with E-state index in [4.69, 9.17) is 4.74 Å². The van der Waals surface area contributed by atoms with E-state index < -0.39 is 17.8 Å². The molecule has 110 valence electrons. The van der Waals surface area contributed by atoms with Crippen LogP contribution < -0.4 is 0 Å². The maximum atomic E-state index is 13.9. The van der Waals surface area contributed by atoms with Crippen LogP contribution in [0.1, 0.15) is 17.2 Å². The SMILES string of the molecule is CN(C)C(C(=O)OCc1ccccc1)c1ccccc1F. The van der Waals surface area contributed by atoms with Gasteiger partial charge >= 0.3 is 5.97 Å². The summed E-state index contributed by atoms with van der Waals surface area (Å²) in [7, 11) is 3.45. The van der Waals surface area contributed by atoms with Gasteiger partial charge in [-0.15, -0.1) is 0 Å². The van der Waals surface area contributed by atoms with Crippen molar-refractivity contribution in [3.05, 3.63) is 71.5 Å². The second-order valence-electron chi connectivity index (χ2n) is 4.98. The van der Waals surface area contributed by atoms with Gasteiger partial charge in [-0.2, -0.15) is 0 Å². The molecule has 0 spiro atoms. The van der Waals surface area contributed by atoms with Crippen molar-refractivity contribution in [2.24, 2.45) is 0 Å². The number of likely N-dealkylation sites (N-methyl/N-ethyl adjacent to an activating group) is 1. The van der Waals surface area contributed by atoms with Gasteiger partial charge < -0.3 is 4.74 Å². The summed E-state index contributed by atoms with van der Waals surface area (Å²) in [6.45, 7) is 0.179. The molecule has 21 heavy (non-hydrogen) atoms. The molecule has 0 saturated carbocycles. The van der Waals surface area contributed by atoms with Crippen molar-refractivity contribution in [3.8, 4) is 0 Å². The zero-order valence-electron chi connectivity index (χ0n) is 12.1. The van der Waals surface area contributed by atoms with Gasteiger partial charge in [0.25, 0.3) is 0 Å². The first kappa shape index (κ1) is 15.2. The molecule has 2 aromatic carbocycles. The van der Waals surface area contributed by atoms with E-state index in [0.29, 0.717) is 5.56 Å². The van der Waals surface area contributed by atoms with E-state index in [1.54, 1.807) is 37.2 Å². The molecule has 0 saturated heterocycles. The van der Waals surface area contributed by atoms with Gasteiger partial charge in [-0.25, -0.2) is 9.18 Å². The van der Waals surface area contributed by atoms with E-state index in [1.807, 2.05) is 30.3 Å². The molecule has 2 rings (SSSR count). The second kappa shape index (κ2) is 6.99. The van der Waals surface area contributed by atoms with Gasteiger partial charge in [-0.05, 0) is 25.7 Å². The molecule has 0 amide bonds. The summed E-state index contributed by atoms with van der Waals surface area (Å²) in [4.78, 5) is 13.9. The number of rotatable bonds is 5. The Hall–Kier alpha value is -2.20. The fraction of sp³-hybridized carbons (Fsp3) is 0.235. The Balaban J connectivity index is 2.12. The molecule has 0 aliphatic rings. The maximum Gasteiger partial charge on any atom is 0.328 e. The van der Waals surface area contributed by atoms with Crippen LogP contribution >= 0.6 is 0 Å². The average Bonchev–Trinajstić information content (AvgIpc) is 2.48. The predicted molar refractivity (Wildman–Crippen MR) is 79.1 cm³/mol. The lowest BCUT2D eigenvalue weighted by atomic mass is 10.1. The van der Waals surface area contributed by atoms with Crippen LogP contribution in [-0.4, -0.2) is 25.0 Å². The standard InChI is InChI=1S/C17H18FNO2/c1-19(2)16(14-10-6-7-11-15(14)18)17(20)21-12-13-8-4-3-5-9-13/h3-11,16H,12H2,1-2H3. The Morgan fingerprint density at radius 1 is 1.10 bits per heavy atom. The Bertz CT molecular complexity index is 599. The van der Waals surface area contributed by atoms with Crippen LogP contribution in [0.25, 0.3) is 0 Å². The molecule has 0 bridgehead atoms. The van der Waals surface area contributed by atoms with Gasteiger partial charge in [0.1, 0.15) is 18.5 Å². The highest BCUT2D eigenvalue weighted by atomic mass is 19.1. The summed E-state index contributed by atoms with van der Waals surface area (Å²) in [5.41, 5.74) is 1.22. The number of halogens is 1. The van der Waals surface area contributed by atoms with Crippen molar-refractivity contribution in [1.82, 2.24) is 4.90 Å². The van der Waals surface area contributed by atoms with E-state index >= 15 is 0 Å². The maximum absolute atomic E-state index is 13.9. The second-order valence-corrected chi connectivity index (χ2v) is 4.98. The third kappa shape index (κ3) is 3.89. The first-order chi connectivity index (χ1) is 10.1. The molecule has 4 heteroatoms. The molecule has 1 unspecified atom stereocenters. The number of carbonyl (C=O) groups excluding carboxylic acids is 1. The number of nitrogens with zero attached hydrogens (tertiary/aromatic N) is 1. The van der Waals surface area contributed by atoms with E-state index in [-0.39, 0.29) is 6.61 Å². The number of esters is 1. The quantitative estimate of drug-likeness (QED) is 0.791. The summed E-state index contributed by atoms with van der Waals surface area (Å²) in [6, 6.07) is 14.9. The summed E-state index contributed by atoms with van der Waals surface area (Å²) < 4.78 is 19.2. The van der Waals surface area contributed by atoms with Gasteiger partial charge in [-0.3, -0.25) is 4.90 Å². The van der Waals surface area contributed by atoms with Crippen molar-refractivity contribution in [2.75, 3.05) is 14.1 Å². The van der Waals surface area contributed by atoms with Gasteiger partial charge in [0.05, 0.1) is 0 Å². The van der Waals surface area contributed by atoms with Crippen molar-refractivity contribution in [1.29, 1.82) is 0 Å². The van der Waals surface area contributed by atoms with Crippen molar-refractivity contribution < 1.29 is 13.9 Å². The van der Waals surface area contributed by atoms with Crippen LogP contribution in [0.15, 0.2) is 54.6 Å². The summed E-state index contributed by atoms with van der Waals surface area (Å²) >= 11 is 0. The minimum absolute atomic E-state index is 0.179. The molecular weight excluding hydrogens is 269 g/mol. The molecule has 3 nitrogen and oxygen atoms in total. The Labute approximate surface area is 124 Å². The normalized spacial score (nSPS) is 12.2. The Morgan fingerprint density at radius 2 is 1.71 bits per heavy atom. The van der Waals surface area contributed by atoms with E-state index in [1.165, 1.54) is 6.07 Å². The van der Waals surface area contributed by atoms with Gasteiger partial charge in [0.15, 0.2) is 0 Å². The van der Waals surface area contributed by atoms with E-state index in [9.17, 15) is 9.18 Å². The first-order valence-electron chi connectivity index (χ1n) is 6.71. The molecule has 1 atom stereocenters. The first-order valence-corrected chi connectivity index (χ1v) is 6.71. The molecule has 0 aromatic heterocycles. The number of carbonyl (C=O) groups is 1. The number of benzene rings is 2. The fourth-order valence-corrected chi connectivity index (χ4v) is 2.12. The Morgan fingerprint density at radius 3 is 2.33 bits per heavy atom. The van der Waals surface area contributed by atoms with Crippen LogP contribution in [0.2, 0.25) is 0 Å². The molecular formula is C17H18FNO2. The highest BCUT2D eigenvalue weighted by Crippen LogP contribution is 2.23. The monoisotopic (exact) mass is 287 g/mol. The minimum atomic E-state index is -0.755. The number of hydrogen-bond acceptors (Lipinski definition) is 3. The van der Waals surface area contributed by atoms with Crippen LogP contribution in [0.5, 0.6) is 0 Å². The van der Waals surface area contributed by atoms with Crippen molar-refractivity contribution in [3.63, 3.8) is 0 Å². The fourth-order valence-electron chi connectivity index (χ4n) is 2.12. The zero-order chi connectivity index (χ0) is 15.2. The topological polar surface area (TPSA) is 29.5 Å². The molecule has 0 heterocycles. The lowest BCUT2D eigenvalue weighted by Crippen LogP contribution is -2.30. The highest BCUT2D eigenvalue weighted by Gasteiger charge is 2.27. The van der Waals surface area contributed by atoms with Gasteiger partial charge in [-0.1, -0.05) is 48.5 Å². The van der Waals surface area contributed by atoms with Crippen LogP contribution in [0.4, 0.5) is 4.39 Å². The third-order valence-corrected chi connectivity index (χ3v) is 3.16. The largest absolute Gasteiger partial charge is 0.459 e. The molecule has 0 aliphatic heterocycles. The number of ether oxygens (including phenoxy) is 1. The summed E-state index contributed by atoms with van der Waals surface area (Å²) in [5, 5.41) is 0. The van der Waals surface area contributed by atoms with Crippen molar-refractivity contribution >= 4 is 5.97 Å². The number of hydrogen-bond donors (Lipinski definition) is 0. The molecule has 0 aliphatic carbocycles. The lowest BCUT2D eigenvalue weighted by Gasteiger charge is -2.23. The minimum Gasteiger partial charge on any atom is -0.459 e. The molecule has 0 N–H and O–H groups in total. The predicted octanol–water partition coefficient (Wildman–Crippen LogP) is 3.17. The van der Waals surface area contributed by atoms with Crippen LogP contribution in [0, 0.1) is 5.82 Å². The lowest BCUT2D eigenvalue weighted by molar-refractivity contribution is -0.150. The molecule has 0 radical (unpaired) electrons. The third-order valence-electron chi connectivity index (χ3n) is 3.16. The average molecular weight is 287 g/mol. The summed E-state index contributed by atoms with van der Waals surface area (Å²) in [6.07, 6.45) is 0.